The summed E-state index contributed by atoms with van der Waals surface area (Å²) in [5.41, 5.74) is 5.82. The zero-order valence-electron chi connectivity index (χ0n) is 9.48. The smallest absolute Gasteiger partial charge is 0.236 e. The fourth-order valence-corrected chi connectivity index (χ4v) is 2.08. The van der Waals surface area contributed by atoms with Crippen LogP contribution in [0.15, 0.2) is 0 Å². The van der Waals surface area contributed by atoms with E-state index in [4.69, 9.17) is 5.73 Å². The van der Waals surface area contributed by atoms with Crippen LogP contribution in [0.3, 0.4) is 0 Å². The molecule has 1 saturated heterocycles. The molecule has 4 heteroatoms. The van der Waals surface area contributed by atoms with Gasteiger partial charge in [0.2, 0.25) is 5.91 Å². The van der Waals surface area contributed by atoms with Gasteiger partial charge in [-0.15, -0.1) is 0 Å². The quantitative estimate of drug-likeness (QED) is 0.716. The fourth-order valence-electron chi connectivity index (χ4n) is 2.08. The minimum Gasteiger partial charge on any atom is -0.342 e. The Morgan fingerprint density at radius 1 is 1.33 bits per heavy atom. The first-order valence-electron chi connectivity index (χ1n) is 5.90. The summed E-state index contributed by atoms with van der Waals surface area (Å²) in [5.74, 6) is 0.271. The highest BCUT2D eigenvalue weighted by Crippen LogP contribution is 2.25. The molecule has 1 amide bonds. The first-order chi connectivity index (χ1) is 7.16. The molecule has 0 atom stereocenters. The minimum atomic E-state index is 0.271. The van der Waals surface area contributed by atoms with Gasteiger partial charge in [-0.3, -0.25) is 9.69 Å². The molecule has 2 N–H and O–H groups in total. The van der Waals surface area contributed by atoms with Crippen LogP contribution < -0.4 is 5.73 Å². The van der Waals surface area contributed by atoms with E-state index in [1.165, 1.54) is 12.8 Å². The monoisotopic (exact) mass is 211 g/mol. The molecule has 2 fully saturated rings. The van der Waals surface area contributed by atoms with Gasteiger partial charge < -0.3 is 10.6 Å². The molecule has 1 aliphatic heterocycles. The lowest BCUT2D eigenvalue weighted by Gasteiger charge is -2.30. The number of piperidine rings is 1. The van der Waals surface area contributed by atoms with Gasteiger partial charge in [0.25, 0.3) is 0 Å². The van der Waals surface area contributed by atoms with Gasteiger partial charge in [-0.25, -0.2) is 0 Å². The molecular formula is C11H21N3O. The van der Waals surface area contributed by atoms with Crippen molar-refractivity contribution in [2.45, 2.75) is 37.8 Å². The van der Waals surface area contributed by atoms with E-state index in [0.29, 0.717) is 18.6 Å². The molecule has 0 radical (unpaired) electrons. The second kappa shape index (κ2) is 4.49. The summed E-state index contributed by atoms with van der Waals surface area (Å²) >= 11 is 0. The molecule has 0 aromatic rings. The SMILES string of the molecule is CN(C(=O)CN1CCC(N)CC1)C1CC1. The van der Waals surface area contributed by atoms with Gasteiger partial charge in [-0.2, -0.15) is 0 Å². The minimum absolute atomic E-state index is 0.271. The van der Waals surface area contributed by atoms with Crippen LogP contribution in [-0.2, 0) is 4.79 Å². The Balaban J connectivity index is 1.73. The summed E-state index contributed by atoms with van der Waals surface area (Å²) in [5, 5.41) is 0. The average molecular weight is 211 g/mol. The van der Waals surface area contributed by atoms with Crippen molar-refractivity contribution < 1.29 is 4.79 Å². The van der Waals surface area contributed by atoms with E-state index < -0.39 is 0 Å². The number of nitrogens with two attached hydrogens (primary N) is 1. The van der Waals surface area contributed by atoms with Gasteiger partial charge in [0.1, 0.15) is 0 Å². The van der Waals surface area contributed by atoms with Crippen LogP contribution >= 0.6 is 0 Å². The van der Waals surface area contributed by atoms with Gasteiger partial charge in [-0.1, -0.05) is 0 Å². The number of hydrogen-bond acceptors (Lipinski definition) is 3. The van der Waals surface area contributed by atoms with Gasteiger partial charge in [0.05, 0.1) is 6.54 Å². The zero-order chi connectivity index (χ0) is 10.8. The molecule has 2 rings (SSSR count). The maximum atomic E-state index is 11.8. The molecule has 4 nitrogen and oxygen atoms in total. The van der Waals surface area contributed by atoms with Crippen LogP contribution in [0.25, 0.3) is 0 Å². The van der Waals surface area contributed by atoms with Crippen molar-refractivity contribution in [3.05, 3.63) is 0 Å². The fraction of sp³-hybridized carbons (Fsp3) is 0.909. The molecule has 2 aliphatic rings. The van der Waals surface area contributed by atoms with E-state index in [-0.39, 0.29) is 5.91 Å². The number of likely N-dealkylation sites (tertiary alicyclic amines) is 1. The molecule has 15 heavy (non-hydrogen) atoms. The number of carbonyl (C=O) groups is 1. The number of hydrogen-bond donors (Lipinski definition) is 1. The highest BCUT2D eigenvalue weighted by atomic mass is 16.2. The summed E-state index contributed by atoms with van der Waals surface area (Å²) in [6.45, 7) is 2.54. The maximum absolute atomic E-state index is 11.8. The molecule has 0 spiro atoms. The lowest BCUT2D eigenvalue weighted by atomic mass is 10.1. The van der Waals surface area contributed by atoms with E-state index in [0.717, 1.165) is 25.9 Å². The van der Waals surface area contributed by atoms with Gasteiger partial charge in [0.15, 0.2) is 0 Å². The second-order valence-electron chi connectivity index (χ2n) is 4.85. The predicted octanol–water partition coefficient (Wildman–Crippen LogP) is 0.0303. The Morgan fingerprint density at radius 3 is 2.47 bits per heavy atom. The maximum Gasteiger partial charge on any atom is 0.236 e. The van der Waals surface area contributed by atoms with Gasteiger partial charge in [-0.05, 0) is 25.7 Å². The first kappa shape index (κ1) is 10.9. The second-order valence-corrected chi connectivity index (χ2v) is 4.85. The Labute approximate surface area is 91.4 Å². The average Bonchev–Trinajstić information content (AvgIpc) is 3.04. The summed E-state index contributed by atoms with van der Waals surface area (Å²) in [6, 6.07) is 0.877. The van der Waals surface area contributed by atoms with Crippen LogP contribution in [0, 0.1) is 0 Å². The number of amides is 1. The Hall–Kier alpha value is -0.610. The van der Waals surface area contributed by atoms with E-state index in [1.54, 1.807) is 0 Å². The molecule has 1 saturated carbocycles. The Morgan fingerprint density at radius 2 is 1.93 bits per heavy atom. The molecular weight excluding hydrogens is 190 g/mol. The summed E-state index contributed by atoms with van der Waals surface area (Å²) in [6.07, 6.45) is 4.43. The molecule has 86 valence electrons. The number of nitrogens with zero attached hydrogens (tertiary/aromatic N) is 2. The van der Waals surface area contributed by atoms with Crippen LogP contribution in [0.2, 0.25) is 0 Å². The summed E-state index contributed by atoms with van der Waals surface area (Å²) in [4.78, 5) is 16.0. The van der Waals surface area contributed by atoms with Crippen LogP contribution in [0.4, 0.5) is 0 Å². The van der Waals surface area contributed by atoms with Crippen LogP contribution in [0.1, 0.15) is 25.7 Å². The van der Waals surface area contributed by atoms with Crippen molar-refractivity contribution >= 4 is 5.91 Å². The van der Waals surface area contributed by atoms with Gasteiger partial charge in [0, 0.05) is 32.2 Å². The summed E-state index contributed by atoms with van der Waals surface area (Å²) in [7, 11) is 1.93. The molecule has 1 aliphatic carbocycles. The largest absolute Gasteiger partial charge is 0.342 e. The van der Waals surface area contributed by atoms with E-state index in [2.05, 4.69) is 4.90 Å². The Kier molecular flexibility index (Phi) is 3.26. The van der Waals surface area contributed by atoms with Crippen molar-refractivity contribution in [1.82, 2.24) is 9.80 Å². The van der Waals surface area contributed by atoms with Crippen molar-refractivity contribution in [2.75, 3.05) is 26.7 Å². The normalized spacial score (nSPS) is 24.1. The standard InChI is InChI=1S/C11H21N3O/c1-13(10-2-3-10)11(15)8-14-6-4-9(12)5-7-14/h9-10H,2-8,12H2,1H3. The highest BCUT2D eigenvalue weighted by molar-refractivity contribution is 5.78. The van der Waals surface area contributed by atoms with Crippen LogP contribution in [-0.4, -0.2) is 54.5 Å². The van der Waals surface area contributed by atoms with Crippen LogP contribution in [0.5, 0.6) is 0 Å². The topological polar surface area (TPSA) is 49.6 Å². The van der Waals surface area contributed by atoms with Crippen molar-refractivity contribution in [1.29, 1.82) is 0 Å². The predicted molar refractivity (Wildman–Crippen MR) is 59.4 cm³/mol. The third-order valence-electron chi connectivity index (χ3n) is 3.48. The molecule has 0 bridgehead atoms. The van der Waals surface area contributed by atoms with E-state index in [1.807, 2.05) is 11.9 Å². The van der Waals surface area contributed by atoms with E-state index in [9.17, 15) is 4.79 Å². The molecule has 1 heterocycles. The van der Waals surface area contributed by atoms with Crippen molar-refractivity contribution in [3.8, 4) is 0 Å². The number of likely N-dealkylation sites (N-methyl/N-ethyl adjacent to an activating group) is 1. The van der Waals surface area contributed by atoms with Gasteiger partial charge >= 0.3 is 0 Å². The summed E-state index contributed by atoms with van der Waals surface area (Å²) < 4.78 is 0. The molecule has 0 unspecified atom stereocenters. The van der Waals surface area contributed by atoms with Crippen molar-refractivity contribution in [2.24, 2.45) is 5.73 Å². The first-order valence-corrected chi connectivity index (χ1v) is 5.90. The number of rotatable bonds is 3. The Bertz CT molecular complexity index is 232. The molecule has 0 aromatic heterocycles. The third-order valence-corrected chi connectivity index (χ3v) is 3.48. The zero-order valence-corrected chi connectivity index (χ0v) is 9.48. The lowest BCUT2D eigenvalue weighted by Crippen LogP contribution is -2.45. The van der Waals surface area contributed by atoms with Crippen molar-refractivity contribution in [3.63, 3.8) is 0 Å². The number of carbonyl (C=O) groups excluding carboxylic acids is 1. The van der Waals surface area contributed by atoms with E-state index >= 15 is 0 Å². The third kappa shape index (κ3) is 2.92. The lowest BCUT2D eigenvalue weighted by molar-refractivity contribution is -0.131. The highest BCUT2D eigenvalue weighted by Gasteiger charge is 2.30. The molecule has 0 aromatic carbocycles.